The van der Waals surface area contributed by atoms with Crippen molar-refractivity contribution in [1.29, 1.82) is 0 Å². The van der Waals surface area contributed by atoms with Crippen molar-refractivity contribution in [2.45, 2.75) is 18.8 Å². The van der Waals surface area contributed by atoms with Crippen LogP contribution in [0.5, 0.6) is 0 Å². The van der Waals surface area contributed by atoms with Crippen molar-refractivity contribution in [2.24, 2.45) is 0 Å². The molecule has 3 rings (SSSR count). The number of fused-ring (bicyclic) bond motifs is 1. The number of hydrogen-bond acceptors (Lipinski definition) is 3. The zero-order valence-corrected chi connectivity index (χ0v) is 14.2. The van der Waals surface area contributed by atoms with E-state index in [4.69, 9.17) is 9.47 Å². The Kier molecular flexibility index (Phi) is 5.83. The van der Waals surface area contributed by atoms with Crippen LogP contribution >= 0.6 is 0 Å². The van der Waals surface area contributed by atoms with Crippen molar-refractivity contribution in [3.05, 3.63) is 48.0 Å². The highest BCUT2D eigenvalue weighted by molar-refractivity contribution is 5.86. The van der Waals surface area contributed by atoms with Gasteiger partial charge in [-0.3, -0.25) is 4.79 Å². The highest BCUT2D eigenvalue weighted by Gasteiger charge is 2.24. The molecule has 0 unspecified atom stereocenters. The molecule has 0 atom stereocenters. The Hall–Kier alpha value is -1.91. The minimum absolute atomic E-state index is 0.0856. The molecule has 0 radical (unpaired) electrons. The molecule has 1 fully saturated rings. The summed E-state index contributed by atoms with van der Waals surface area (Å²) < 4.78 is 10.3. The molecule has 1 aliphatic heterocycles. The van der Waals surface area contributed by atoms with Crippen LogP contribution in [-0.2, 0) is 14.3 Å². The van der Waals surface area contributed by atoms with Crippen LogP contribution in [0, 0.1) is 0 Å². The van der Waals surface area contributed by atoms with Gasteiger partial charge in [0.1, 0.15) is 6.61 Å². The minimum atomic E-state index is 0.0856. The number of likely N-dealkylation sites (tertiary alicyclic amines) is 1. The molecule has 0 spiro atoms. The molecule has 2 aromatic rings. The number of amides is 1. The number of nitrogens with zero attached hydrogens (tertiary/aromatic N) is 1. The quantitative estimate of drug-likeness (QED) is 0.765. The molecule has 1 aliphatic rings. The molecule has 0 N–H and O–H groups in total. The third-order valence-electron chi connectivity index (χ3n) is 4.77. The maximum absolute atomic E-state index is 12.2. The molecule has 4 heteroatoms. The summed E-state index contributed by atoms with van der Waals surface area (Å²) >= 11 is 0. The van der Waals surface area contributed by atoms with E-state index in [0.717, 1.165) is 25.9 Å². The molecule has 0 saturated carbocycles. The molecule has 4 nitrogen and oxygen atoms in total. The highest BCUT2D eigenvalue weighted by atomic mass is 16.5. The Labute approximate surface area is 143 Å². The zero-order valence-electron chi connectivity index (χ0n) is 14.2. The van der Waals surface area contributed by atoms with E-state index in [1.807, 2.05) is 4.90 Å². The summed E-state index contributed by atoms with van der Waals surface area (Å²) in [4.78, 5) is 14.1. The first-order valence-corrected chi connectivity index (χ1v) is 8.61. The average molecular weight is 327 g/mol. The summed E-state index contributed by atoms with van der Waals surface area (Å²) in [7, 11) is 1.63. The summed E-state index contributed by atoms with van der Waals surface area (Å²) in [6, 6.07) is 15.1. The molecule has 24 heavy (non-hydrogen) atoms. The second-order valence-electron chi connectivity index (χ2n) is 6.27. The van der Waals surface area contributed by atoms with Crippen LogP contribution in [0.1, 0.15) is 24.3 Å². The lowest BCUT2D eigenvalue weighted by atomic mass is 9.86. The van der Waals surface area contributed by atoms with Crippen LogP contribution < -0.4 is 0 Å². The van der Waals surface area contributed by atoms with Gasteiger partial charge in [0.05, 0.1) is 13.2 Å². The Morgan fingerprint density at radius 2 is 1.83 bits per heavy atom. The van der Waals surface area contributed by atoms with Gasteiger partial charge in [0.25, 0.3) is 0 Å². The number of hydrogen-bond donors (Lipinski definition) is 0. The SMILES string of the molecule is COCCOCC(=O)N1CCC(c2cccc3ccccc23)CC1. The molecular weight excluding hydrogens is 302 g/mol. The van der Waals surface area contributed by atoms with Gasteiger partial charge in [-0.1, -0.05) is 42.5 Å². The second-order valence-corrected chi connectivity index (χ2v) is 6.27. The van der Waals surface area contributed by atoms with Crippen molar-refractivity contribution in [2.75, 3.05) is 40.0 Å². The van der Waals surface area contributed by atoms with Gasteiger partial charge in [0.2, 0.25) is 5.91 Å². The summed E-state index contributed by atoms with van der Waals surface area (Å²) in [6.45, 7) is 2.76. The topological polar surface area (TPSA) is 38.8 Å². The predicted molar refractivity (Wildman–Crippen MR) is 95.2 cm³/mol. The van der Waals surface area contributed by atoms with Crippen LogP contribution in [0.4, 0.5) is 0 Å². The number of rotatable bonds is 6. The van der Waals surface area contributed by atoms with Crippen molar-refractivity contribution in [3.63, 3.8) is 0 Å². The molecular formula is C20H25NO3. The Balaban J connectivity index is 1.57. The second kappa shape index (κ2) is 8.27. The van der Waals surface area contributed by atoms with Crippen molar-refractivity contribution in [1.82, 2.24) is 4.90 Å². The van der Waals surface area contributed by atoms with Gasteiger partial charge in [-0.15, -0.1) is 0 Å². The fraction of sp³-hybridized carbons (Fsp3) is 0.450. The normalized spacial score (nSPS) is 15.8. The zero-order chi connectivity index (χ0) is 16.8. The molecule has 1 amide bonds. The lowest BCUT2D eigenvalue weighted by Gasteiger charge is -2.32. The summed E-state index contributed by atoms with van der Waals surface area (Å²) in [5.74, 6) is 0.608. The fourth-order valence-electron chi connectivity index (χ4n) is 3.44. The van der Waals surface area contributed by atoms with E-state index < -0.39 is 0 Å². The average Bonchev–Trinajstić information content (AvgIpc) is 2.65. The predicted octanol–water partition coefficient (Wildman–Crippen LogP) is 3.21. The van der Waals surface area contributed by atoms with Gasteiger partial charge in [-0.05, 0) is 35.1 Å². The van der Waals surface area contributed by atoms with Crippen molar-refractivity contribution < 1.29 is 14.3 Å². The van der Waals surface area contributed by atoms with Gasteiger partial charge in [0, 0.05) is 20.2 Å². The third-order valence-corrected chi connectivity index (χ3v) is 4.77. The van der Waals surface area contributed by atoms with E-state index in [1.165, 1.54) is 16.3 Å². The largest absolute Gasteiger partial charge is 0.382 e. The van der Waals surface area contributed by atoms with E-state index in [-0.39, 0.29) is 12.5 Å². The maximum Gasteiger partial charge on any atom is 0.248 e. The van der Waals surface area contributed by atoms with E-state index in [9.17, 15) is 4.79 Å². The number of piperidine rings is 1. The van der Waals surface area contributed by atoms with Crippen molar-refractivity contribution in [3.8, 4) is 0 Å². The van der Waals surface area contributed by atoms with E-state index >= 15 is 0 Å². The summed E-state index contributed by atoms with van der Waals surface area (Å²) in [5.41, 5.74) is 1.41. The highest BCUT2D eigenvalue weighted by Crippen LogP contribution is 2.33. The number of benzene rings is 2. The molecule has 1 saturated heterocycles. The molecule has 0 bridgehead atoms. The summed E-state index contributed by atoms with van der Waals surface area (Å²) in [6.07, 6.45) is 2.02. The Bertz CT molecular complexity index is 672. The third kappa shape index (κ3) is 3.94. The maximum atomic E-state index is 12.2. The number of ether oxygens (including phenoxy) is 2. The Morgan fingerprint density at radius 1 is 1.08 bits per heavy atom. The first-order valence-electron chi connectivity index (χ1n) is 8.61. The lowest BCUT2D eigenvalue weighted by Crippen LogP contribution is -2.40. The molecule has 2 aromatic carbocycles. The lowest BCUT2D eigenvalue weighted by molar-refractivity contribution is -0.137. The van der Waals surface area contributed by atoms with Crippen molar-refractivity contribution >= 4 is 16.7 Å². The van der Waals surface area contributed by atoms with Gasteiger partial charge >= 0.3 is 0 Å². The monoisotopic (exact) mass is 327 g/mol. The first-order chi connectivity index (χ1) is 11.8. The number of methoxy groups -OCH3 is 1. The van der Waals surface area contributed by atoms with E-state index in [0.29, 0.717) is 19.1 Å². The first kappa shape index (κ1) is 16.9. The van der Waals surface area contributed by atoms with Gasteiger partial charge in [-0.25, -0.2) is 0 Å². The number of carbonyl (C=O) groups is 1. The van der Waals surface area contributed by atoms with Gasteiger partial charge in [-0.2, -0.15) is 0 Å². The smallest absolute Gasteiger partial charge is 0.248 e. The van der Waals surface area contributed by atoms with Crippen LogP contribution in [0.15, 0.2) is 42.5 Å². The summed E-state index contributed by atoms with van der Waals surface area (Å²) in [5, 5.41) is 2.63. The van der Waals surface area contributed by atoms with Gasteiger partial charge < -0.3 is 14.4 Å². The van der Waals surface area contributed by atoms with Crippen LogP contribution in [-0.4, -0.2) is 50.8 Å². The molecule has 128 valence electrons. The molecule has 0 aliphatic carbocycles. The van der Waals surface area contributed by atoms with E-state index in [2.05, 4.69) is 42.5 Å². The minimum Gasteiger partial charge on any atom is -0.382 e. The fourth-order valence-corrected chi connectivity index (χ4v) is 3.44. The van der Waals surface area contributed by atoms with Crippen LogP contribution in [0.25, 0.3) is 10.8 Å². The Morgan fingerprint density at radius 3 is 2.62 bits per heavy atom. The van der Waals surface area contributed by atoms with Gasteiger partial charge in [0.15, 0.2) is 0 Å². The standard InChI is InChI=1S/C20H25NO3/c1-23-13-14-24-15-20(22)21-11-9-17(10-12-21)19-8-4-6-16-5-2-3-7-18(16)19/h2-8,17H,9-15H2,1H3. The van der Waals surface area contributed by atoms with Crippen LogP contribution in [0.3, 0.4) is 0 Å². The number of carbonyl (C=O) groups excluding carboxylic acids is 1. The van der Waals surface area contributed by atoms with E-state index in [1.54, 1.807) is 7.11 Å². The molecule has 0 aromatic heterocycles. The molecule has 1 heterocycles. The van der Waals surface area contributed by atoms with Crippen LogP contribution in [0.2, 0.25) is 0 Å².